The number of hydrogen-bond acceptors (Lipinski definition) is 8. The highest BCUT2D eigenvalue weighted by Gasteiger charge is 2.36. The second-order valence-corrected chi connectivity index (χ2v) is 13.5. The smallest absolute Gasteiger partial charge is 0.252 e. The summed E-state index contributed by atoms with van der Waals surface area (Å²) in [5.74, 6) is 0.227. The van der Waals surface area contributed by atoms with Crippen LogP contribution in [-0.4, -0.2) is 75.4 Å². The topological polar surface area (TPSA) is 83.1 Å². The monoisotopic (exact) mass is 556 g/mol. The number of amides is 1. The van der Waals surface area contributed by atoms with Crippen LogP contribution in [0.25, 0.3) is 10.2 Å². The van der Waals surface area contributed by atoms with Crippen molar-refractivity contribution >= 4 is 65.6 Å². The Morgan fingerprint density at radius 2 is 2.03 bits per heavy atom. The Balaban J connectivity index is 1.59. The van der Waals surface area contributed by atoms with Crippen LogP contribution in [-0.2, 0) is 14.8 Å². The lowest BCUT2D eigenvalue weighted by atomic mass is 9.98. The SMILES string of the molecule is CCOc1ccc2nc(N(CCN(C)C)C(=O)C3CCCN(S(=O)(=O)c4ccc(Cl)s4)C3)sc2c1. The van der Waals surface area contributed by atoms with Crippen LogP contribution >= 0.6 is 34.3 Å². The fourth-order valence-electron chi connectivity index (χ4n) is 4.01. The van der Waals surface area contributed by atoms with Crippen LogP contribution in [0.1, 0.15) is 19.8 Å². The van der Waals surface area contributed by atoms with Crippen molar-refractivity contribution in [2.24, 2.45) is 5.92 Å². The van der Waals surface area contributed by atoms with Gasteiger partial charge in [0.25, 0.3) is 10.0 Å². The first-order chi connectivity index (χ1) is 16.7. The van der Waals surface area contributed by atoms with Crippen molar-refractivity contribution in [2.45, 2.75) is 24.0 Å². The third kappa shape index (κ3) is 5.98. The number of fused-ring (bicyclic) bond motifs is 1. The van der Waals surface area contributed by atoms with E-state index in [1.807, 2.05) is 44.1 Å². The van der Waals surface area contributed by atoms with Crippen LogP contribution in [0.5, 0.6) is 5.75 Å². The highest BCUT2D eigenvalue weighted by molar-refractivity contribution is 7.91. The van der Waals surface area contributed by atoms with Crippen molar-refractivity contribution < 1.29 is 17.9 Å². The summed E-state index contributed by atoms with van der Waals surface area (Å²) in [4.78, 5) is 22.2. The molecule has 1 aliphatic rings. The molecule has 35 heavy (non-hydrogen) atoms. The Morgan fingerprint density at radius 3 is 2.71 bits per heavy atom. The van der Waals surface area contributed by atoms with E-state index in [0.29, 0.717) is 48.6 Å². The summed E-state index contributed by atoms with van der Waals surface area (Å²) in [7, 11) is 0.217. The zero-order valence-electron chi connectivity index (χ0n) is 19.9. The van der Waals surface area contributed by atoms with Gasteiger partial charge in [-0.05, 0) is 64.2 Å². The third-order valence-electron chi connectivity index (χ3n) is 5.80. The molecule has 1 atom stereocenters. The minimum atomic E-state index is -3.69. The predicted molar refractivity (Wildman–Crippen MR) is 143 cm³/mol. The van der Waals surface area contributed by atoms with E-state index in [9.17, 15) is 13.2 Å². The van der Waals surface area contributed by atoms with Gasteiger partial charge in [-0.15, -0.1) is 11.3 Å². The van der Waals surface area contributed by atoms with Crippen molar-refractivity contribution in [3.8, 4) is 5.75 Å². The molecular weight excluding hydrogens is 528 g/mol. The van der Waals surface area contributed by atoms with E-state index in [1.54, 1.807) is 11.0 Å². The van der Waals surface area contributed by atoms with Gasteiger partial charge in [0.2, 0.25) is 5.91 Å². The van der Waals surface area contributed by atoms with Gasteiger partial charge >= 0.3 is 0 Å². The molecule has 3 heterocycles. The van der Waals surface area contributed by atoms with E-state index in [4.69, 9.17) is 21.3 Å². The summed E-state index contributed by atoms with van der Waals surface area (Å²) >= 11 is 8.45. The minimum absolute atomic E-state index is 0.0972. The van der Waals surface area contributed by atoms with Gasteiger partial charge in [-0.25, -0.2) is 13.4 Å². The molecular formula is C23H29ClN4O4S3. The summed E-state index contributed by atoms with van der Waals surface area (Å²) in [5, 5.41) is 0.616. The summed E-state index contributed by atoms with van der Waals surface area (Å²) in [6.45, 7) is 4.17. The summed E-state index contributed by atoms with van der Waals surface area (Å²) in [6, 6.07) is 8.82. The summed E-state index contributed by atoms with van der Waals surface area (Å²) in [5.41, 5.74) is 0.804. The Morgan fingerprint density at radius 1 is 1.23 bits per heavy atom. The molecule has 1 unspecified atom stereocenters. The lowest BCUT2D eigenvalue weighted by Crippen LogP contribution is -2.48. The number of carbonyl (C=O) groups is 1. The van der Waals surface area contributed by atoms with Crippen molar-refractivity contribution in [1.82, 2.24) is 14.2 Å². The van der Waals surface area contributed by atoms with E-state index < -0.39 is 15.9 Å². The number of aromatic nitrogens is 1. The van der Waals surface area contributed by atoms with Crippen LogP contribution in [0.2, 0.25) is 4.34 Å². The molecule has 12 heteroatoms. The Hall–Kier alpha value is -1.76. The number of benzene rings is 1. The lowest BCUT2D eigenvalue weighted by molar-refractivity contribution is -0.123. The van der Waals surface area contributed by atoms with Gasteiger partial charge in [-0.3, -0.25) is 9.69 Å². The molecule has 0 spiro atoms. The molecule has 1 aromatic carbocycles. The molecule has 0 radical (unpaired) electrons. The normalized spacial score (nSPS) is 17.2. The van der Waals surface area contributed by atoms with Gasteiger partial charge in [0, 0.05) is 26.2 Å². The van der Waals surface area contributed by atoms with Gasteiger partial charge in [0.1, 0.15) is 9.96 Å². The first kappa shape index (κ1) is 26.3. The minimum Gasteiger partial charge on any atom is -0.494 e. The van der Waals surface area contributed by atoms with Gasteiger partial charge in [-0.2, -0.15) is 4.31 Å². The number of piperidine rings is 1. The number of carbonyl (C=O) groups excluding carboxylic acids is 1. The Labute approximate surface area is 219 Å². The van der Waals surface area contributed by atoms with E-state index in [2.05, 4.69) is 0 Å². The number of halogens is 1. The maximum atomic E-state index is 13.8. The molecule has 190 valence electrons. The fourth-order valence-corrected chi connectivity index (χ4v) is 8.20. The van der Waals surface area contributed by atoms with Gasteiger partial charge in [0.15, 0.2) is 5.13 Å². The number of sulfonamides is 1. The number of rotatable bonds is 9. The molecule has 3 aromatic rings. The number of thiophene rings is 1. The van der Waals surface area contributed by atoms with E-state index >= 15 is 0 Å². The van der Waals surface area contributed by atoms with Crippen LogP contribution in [0.3, 0.4) is 0 Å². The van der Waals surface area contributed by atoms with E-state index in [1.165, 1.54) is 21.7 Å². The largest absolute Gasteiger partial charge is 0.494 e. The van der Waals surface area contributed by atoms with E-state index in [-0.39, 0.29) is 16.7 Å². The number of hydrogen-bond donors (Lipinski definition) is 0. The highest BCUT2D eigenvalue weighted by atomic mass is 35.5. The van der Waals surface area contributed by atoms with Crippen molar-refractivity contribution in [2.75, 3.05) is 51.8 Å². The number of likely N-dealkylation sites (N-methyl/N-ethyl adjacent to an activating group) is 1. The van der Waals surface area contributed by atoms with Crippen LogP contribution in [0.4, 0.5) is 5.13 Å². The second-order valence-electron chi connectivity index (χ2n) is 8.61. The number of anilines is 1. The molecule has 0 bridgehead atoms. The van der Waals surface area contributed by atoms with Crippen molar-refractivity contribution in [1.29, 1.82) is 0 Å². The molecule has 1 fully saturated rings. The standard InChI is InChI=1S/C23H29ClN4O4S3/c1-4-32-17-7-8-18-19(14-17)33-23(25-18)28(13-12-26(2)3)22(29)16-6-5-11-27(15-16)35(30,31)21-10-9-20(24)34-21/h7-10,14,16H,4-6,11-13,15H2,1-3H3. The van der Waals surface area contributed by atoms with Crippen LogP contribution in [0, 0.1) is 5.92 Å². The third-order valence-corrected chi connectivity index (χ3v) is 10.4. The molecule has 0 aliphatic carbocycles. The Bertz CT molecular complexity index is 1290. The molecule has 2 aromatic heterocycles. The fraction of sp³-hybridized carbons (Fsp3) is 0.478. The van der Waals surface area contributed by atoms with Crippen molar-refractivity contribution in [3.05, 3.63) is 34.7 Å². The first-order valence-electron chi connectivity index (χ1n) is 11.4. The molecule has 1 amide bonds. The molecule has 0 N–H and O–H groups in total. The van der Waals surface area contributed by atoms with E-state index in [0.717, 1.165) is 27.3 Å². The lowest BCUT2D eigenvalue weighted by Gasteiger charge is -2.33. The van der Waals surface area contributed by atoms with Gasteiger partial charge in [0.05, 0.1) is 27.1 Å². The maximum absolute atomic E-state index is 13.8. The second kappa shape index (κ2) is 11.1. The zero-order valence-corrected chi connectivity index (χ0v) is 23.1. The van der Waals surface area contributed by atoms with Gasteiger partial charge < -0.3 is 9.64 Å². The highest BCUT2D eigenvalue weighted by Crippen LogP contribution is 2.34. The molecule has 8 nitrogen and oxygen atoms in total. The zero-order chi connectivity index (χ0) is 25.2. The quantitative estimate of drug-likeness (QED) is 0.388. The summed E-state index contributed by atoms with van der Waals surface area (Å²) < 4.78 is 34.9. The number of nitrogens with zero attached hydrogens (tertiary/aromatic N) is 4. The average molecular weight is 557 g/mol. The van der Waals surface area contributed by atoms with Crippen LogP contribution in [0.15, 0.2) is 34.5 Å². The average Bonchev–Trinajstić information content (AvgIpc) is 3.45. The Kier molecular flexibility index (Phi) is 8.34. The summed E-state index contributed by atoms with van der Waals surface area (Å²) in [6.07, 6.45) is 1.25. The molecule has 0 saturated carbocycles. The first-order valence-corrected chi connectivity index (χ1v) is 14.9. The number of thiazole rings is 1. The molecule has 4 rings (SSSR count). The van der Waals surface area contributed by atoms with Crippen molar-refractivity contribution in [3.63, 3.8) is 0 Å². The maximum Gasteiger partial charge on any atom is 0.252 e. The van der Waals surface area contributed by atoms with Crippen LogP contribution < -0.4 is 9.64 Å². The molecule has 1 saturated heterocycles. The molecule has 1 aliphatic heterocycles. The van der Waals surface area contributed by atoms with Gasteiger partial charge in [-0.1, -0.05) is 22.9 Å². The number of ether oxygens (including phenoxy) is 1. The predicted octanol–water partition coefficient (Wildman–Crippen LogP) is 4.41.